The molecule has 10 heteroatoms. The first-order valence-electron chi connectivity index (χ1n) is 11.9. The van der Waals surface area contributed by atoms with Gasteiger partial charge >= 0.3 is 0 Å². The molecule has 2 N–H and O–H groups in total. The van der Waals surface area contributed by atoms with Gasteiger partial charge in [0.15, 0.2) is 17.0 Å². The van der Waals surface area contributed by atoms with Crippen LogP contribution in [0, 0.1) is 15.9 Å². The van der Waals surface area contributed by atoms with E-state index in [1.165, 1.54) is 12.1 Å². The van der Waals surface area contributed by atoms with Crippen LogP contribution in [0.2, 0.25) is 0 Å². The van der Waals surface area contributed by atoms with E-state index in [0.717, 1.165) is 5.56 Å². The van der Waals surface area contributed by atoms with E-state index in [0.29, 0.717) is 39.4 Å². The van der Waals surface area contributed by atoms with Gasteiger partial charge in [0.2, 0.25) is 0 Å². The van der Waals surface area contributed by atoms with Gasteiger partial charge < -0.3 is 14.8 Å². The van der Waals surface area contributed by atoms with Crippen molar-refractivity contribution >= 4 is 27.5 Å². The summed E-state index contributed by atoms with van der Waals surface area (Å²) in [5, 5.41) is 18.7. The number of rotatable bonds is 7. The van der Waals surface area contributed by atoms with Gasteiger partial charge in [0.1, 0.15) is 12.4 Å². The molecule has 1 saturated heterocycles. The Labute approximate surface area is 221 Å². The first kappa shape index (κ1) is 25.2. The second-order valence-electron chi connectivity index (χ2n) is 9.17. The van der Waals surface area contributed by atoms with Crippen molar-refractivity contribution in [2.24, 2.45) is 0 Å². The number of carbonyl (C=O) groups excluding carboxylic acids is 1. The second-order valence-corrected chi connectivity index (χ2v) is 10.0. The minimum Gasteiger partial charge on any atom is -0.490 e. The largest absolute Gasteiger partial charge is 0.490 e. The van der Waals surface area contributed by atoms with Gasteiger partial charge in [-0.1, -0.05) is 30.3 Å². The fourth-order valence-corrected chi connectivity index (χ4v) is 6.05. The number of ether oxygens (including phenoxy) is 2. The van der Waals surface area contributed by atoms with Gasteiger partial charge in [0.05, 0.1) is 17.0 Å². The highest BCUT2D eigenvalue weighted by Crippen LogP contribution is 2.51. The normalized spacial score (nSPS) is 24.1. The zero-order chi connectivity index (χ0) is 26.3. The molecule has 1 spiro atoms. The van der Waals surface area contributed by atoms with Gasteiger partial charge in [-0.05, 0) is 71.2 Å². The summed E-state index contributed by atoms with van der Waals surface area (Å²) in [6.07, 6.45) is 0. The molecule has 1 fully saturated rings. The first-order chi connectivity index (χ1) is 17.8. The molecule has 1 amide bonds. The number of para-hydroxylation sites is 1. The molecule has 0 aliphatic carbocycles. The van der Waals surface area contributed by atoms with Crippen molar-refractivity contribution in [1.29, 1.82) is 0 Å². The third-order valence-electron chi connectivity index (χ3n) is 6.98. The standard InChI is InChI=1S/C27H25BrFN3O5/c1-3-36-22-13-17(12-20(28)24(22)37-14-16-8-10-18(29)11-9-16)23-15(2)31-27(25(23)32(34)35)19-6-4-5-7-21(19)30-26(27)33/h4-13,15,23,25,31H,3,14H2,1-2H3,(H,30,33)/t15-,23-,25+,27-/m0/s1. The lowest BCUT2D eigenvalue weighted by Crippen LogP contribution is -2.54. The van der Waals surface area contributed by atoms with Gasteiger partial charge in [-0.2, -0.15) is 0 Å². The summed E-state index contributed by atoms with van der Waals surface area (Å²) in [6, 6.07) is 14.9. The van der Waals surface area contributed by atoms with E-state index in [1.807, 2.05) is 13.8 Å². The van der Waals surface area contributed by atoms with Crippen LogP contribution in [-0.4, -0.2) is 29.5 Å². The lowest BCUT2D eigenvalue weighted by Gasteiger charge is -2.26. The Hall–Kier alpha value is -3.50. The lowest BCUT2D eigenvalue weighted by atomic mass is 9.78. The van der Waals surface area contributed by atoms with E-state index >= 15 is 0 Å². The summed E-state index contributed by atoms with van der Waals surface area (Å²) in [5.41, 5.74) is 1.05. The van der Waals surface area contributed by atoms with E-state index in [4.69, 9.17) is 9.47 Å². The van der Waals surface area contributed by atoms with Gasteiger partial charge in [-0.15, -0.1) is 0 Å². The third-order valence-corrected chi connectivity index (χ3v) is 7.57. The van der Waals surface area contributed by atoms with Crippen molar-refractivity contribution < 1.29 is 23.6 Å². The predicted octanol–water partition coefficient (Wildman–Crippen LogP) is 5.13. The molecule has 4 atom stereocenters. The number of carbonyl (C=O) groups is 1. The van der Waals surface area contributed by atoms with Crippen molar-refractivity contribution in [3.8, 4) is 11.5 Å². The molecular formula is C27H25BrFN3O5. The maximum Gasteiger partial charge on any atom is 0.256 e. The summed E-state index contributed by atoms with van der Waals surface area (Å²) >= 11 is 3.56. The Morgan fingerprint density at radius 3 is 2.57 bits per heavy atom. The highest BCUT2D eigenvalue weighted by atomic mass is 79.9. The lowest BCUT2D eigenvalue weighted by molar-refractivity contribution is -0.532. The topological polar surface area (TPSA) is 103 Å². The van der Waals surface area contributed by atoms with Crippen molar-refractivity contribution in [1.82, 2.24) is 5.32 Å². The summed E-state index contributed by atoms with van der Waals surface area (Å²) in [7, 11) is 0. The number of halogens is 2. The molecule has 0 bridgehead atoms. The van der Waals surface area contributed by atoms with Gasteiger partial charge in [0, 0.05) is 22.2 Å². The number of benzene rings is 3. The summed E-state index contributed by atoms with van der Waals surface area (Å²) in [6.45, 7) is 4.20. The first-order valence-corrected chi connectivity index (χ1v) is 12.7. The SMILES string of the molecule is CCOc1cc([C@@H]2[C@H](C)N[C@]3(C(=O)Nc4ccccc43)[C@@H]2[N+](=O)[O-])cc(Br)c1OCc1ccc(F)cc1. The number of hydrogen-bond acceptors (Lipinski definition) is 6. The van der Waals surface area contributed by atoms with E-state index in [-0.39, 0.29) is 17.3 Å². The van der Waals surface area contributed by atoms with E-state index in [2.05, 4.69) is 26.6 Å². The highest BCUT2D eigenvalue weighted by Gasteiger charge is 2.67. The Kier molecular flexibility index (Phi) is 6.63. The Morgan fingerprint density at radius 2 is 1.86 bits per heavy atom. The molecule has 0 unspecified atom stereocenters. The summed E-state index contributed by atoms with van der Waals surface area (Å²) < 4.78 is 25.7. The Balaban J connectivity index is 1.54. The third kappa shape index (κ3) is 4.23. The van der Waals surface area contributed by atoms with E-state index in [9.17, 15) is 19.3 Å². The predicted molar refractivity (Wildman–Crippen MR) is 139 cm³/mol. The van der Waals surface area contributed by atoms with Crippen LogP contribution >= 0.6 is 15.9 Å². The average Bonchev–Trinajstić information content (AvgIpc) is 3.33. The fraction of sp³-hybridized carbons (Fsp3) is 0.296. The Morgan fingerprint density at radius 1 is 1.14 bits per heavy atom. The monoisotopic (exact) mass is 569 g/mol. The number of nitrogens with one attached hydrogen (secondary N) is 2. The number of hydrogen-bond donors (Lipinski definition) is 2. The molecule has 3 aromatic rings. The van der Waals surface area contributed by atoms with Gasteiger partial charge in [-0.25, -0.2) is 4.39 Å². The number of nitrogens with zero attached hydrogens (tertiary/aromatic N) is 1. The molecule has 192 valence electrons. The number of nitro groups is 1. The Bertz CT molecular complexity index is 1370. The molecule has 2 aliphatic rings. The van der Waals surface area contributed by atoms with Crippen molar-refractivity contribution in [3.63, 3.8) is 0 Å². The molecule has 0 saturated carbocycles. The van der Waals surface area contributed by atoms with Gasteiger partial charge in [-0.3, -0.25) is 20.2 Å². The van der Waals surface area contributed by atoms with Crippen molar-refractivity contribution in [2.45, 2.75) is 44.0 Å². The van der Waals surface area contributed by atoms with Crippen molar-refractivity contribution in [3.05, 3.63) is 97.8 Å². The molecule has 2 heterocycles. The van der Waals surface area contributed by atoms with Crippen molar-refractivity contribution in [2.75, 3.05) is 11.9 Å². The number of amides is 1. The van der Waals surface area contributed by atoms with Crippen LogP contribution in [0.3, 0.4) is 0 Å². The summed E-state index contributed by atoms with van der Waals surface area (Å²) in [5.74, 6) is -0.563. The smallest absolute Gasteiger partial charge is 0.256 e. The van der Waals surface area contributed by atoms with Crippen LogP contribution in [0.25, 0.3) is 0 Å². The highest BCUT2D eigenvalue weighted by molar-refractivity contribution is 9.10. The van der Waals surface area contributed by atoms with E-state index in [1.54, 1.807) is 48.5 Å². The minimum absolute atomic E-state index is 0.178. The summed E-state index contributed by atoms with van der Waals surface area (Å²) in [4.78, 5) is 25.5. The zero-order valence-electron chi connectivity index (χ0n) is 20.2. The fourth-order valence-electron chi connectivity index (χ4n) is 5.47. The second kappa shape index (κ2) is 9.75. The van der Waals surface area contributed by atoms with Crippen LogP contribution in [-0.2, 0) is 16.9 Å². The zero-order valence-corrected chi connectivity index (χ0v) is 21.8. The molecule has 3 aromatic carbocycles. The van der Waals surface area contributed by atoms with E-state index < -0.39 is 29.4 Å². The van der Waals surface area contributed by atoms with Crippen LogP contribution in [0.4, 0.5) is 10.1 Å². The van der Waals surface area contributed by atoms with Crippen LogP contribution in [0.5, 0.6) is 11.5 Å². The number of fused-ring (bicyclic) bond motifs is 2. The van der Waals surface area contributed by atoms with Crippen LogP contribution in [0.15, 0.2) is 65.1 Å². The van der Waals surface area contributed by atoms with Crippen LogP contribution in [0.1, 0.15) is 36.5 Å². The number of anilines is 1. The molecule has 8 nitrogen and oxygen atoms in total. The molecule has 37 heavy (non-hydrogen) atoms. The molecule has 2 aliphatic heterocycles. The quantitative estimate of drug-likeness (QED) is 0.302. The maximum atomic E-state index is 13.3. The molecular weight excluding hydrogens is 545 g/mol. The molecule has 0 aromatic heterocycles. The molecule has 0 radical (unpaired) electrons. The van der Waals surface area contributed by atoms with Gasteiger partial charge in [0.25, 0.3) is 11.9 Å². The van der Waals surface area contributed by atoms with Crippen LogP contribution < -0.4 is 20.1 Å². The average molecular weight is 570 g/mol. The minimum atomic E-state index is -1.50. The molecule has 5 rings (SSSR count). The maximum absolute atomic E-state index is 13.3.